The average molecular weight is 291 g/mol. The normalized spacial score (nSPS) is 10.3. The highest BCUT2D eigenvalue weighted by molar-refractivity contribution is 5.96. The molecule has 1 aromatic heterocycles. The molecule has 0 unspecified atom stereocenters. The van der Waals surface area contributed by atoms with Crippen LogP contribution in [0.1, 0.15) is 16.2 Å². The highest BCUT2D eigenvalue weighted by Crippen LogP contribution is 2.28. The highest BCUT2D eigenvalue weighted by atomic mass is 16.6. The summed E-state index contributed by atoms with van der Waals surface area (Å²) < 4.78 is 1.72. The van der Waals surface area contributed by atoms with Crippen molar-refractivity contribution in [1.29, 1.82) is 0 Å². The quantitative estimate of drug-likeness (QED) is 0.602. The van der Waals surface area contributed by atoms with Crippen molar-refractivity contribution in [3.05, 3.63) is 46.0 Å². The van der Waals surface area contributed by atoms with Crippen LogP contribution in [0.25, 0.3) is 0 Å². The van der Waals surface area contributed by atoms with Gasteiger partial charge in [0.05, 0.1) is 10.5 Å². The van der Waals surface area contributed by atoms with Crippen LogP contribution >= 0.6 is 0 Å². The number of anilines is 1. The van der Waals surface area contributed by atoms with Gasteiger partial charge in [-0.2, -0.15) is 0 Å². The number of aromatic carboxylic acids is 1. The zero-order valence-corrected chi connectivity index (χ0v) is 11.2. The molecule has 0 atom stereocenters. The Morgan fingerprint density at radius 2 is 2.29 bits per heavy atom. The van der Waals surface area contributed by atoms with Gasteiger partial charge in [-0.1, -0.05) is 6.07 Å². The summed E-state index contributed by atoms with van der Waals surface area (Å²) >= 11 is 0. The molecule has 0 aliphatic carbocycles. The maximum absolute atomic E-state index is 11.2. The van der Waals surface area contributed by atoms with Gasteiger partial charge in [0.1, 0.15) is 17.8 Å². The van der Waals surface area contributed by atoms with Crippen molar-refractivity contribution < 1.29 is 14.8 Å². The Morgan fingerprint density at radius 1 is 1.52 bits per heavy atom. The zero-order chi connectivity index (χ0) is 15.4. The van der Waals surface area contributed by atoms with Crippen LogP contribution in [0.5, 0.6) is 0 Å². The van der Waals surface area contributed by atoms with E-state index in [1.165, 1.54) is 18.2 Å². The molecule has 1 aromatic carbocycles. The average Bonchev–Trinajstić information content (AvgIpc) is 2.84. The number of nitro groups is 1. The third-order valence-corrected chi connectivity index (χ3v) is 2.93. The Kier molecular flexibility index (Phi) is 4.12. The number of aryl methyl sites for hydroxylation is 1. The molecule has 1 heterocycles. The van der Waals surface area contributed by atoms with E-state index < -0.39 is 10.9 Å². The molecule has 9 heteroatoms. The summed E-state index contributed by atoms with van der Waals surface area (Å²) in [6.45, 7) is 0.303. The zero-order valence-electron chi connectivity index (χ0n) is 11.2. The summed E-state index contributed by atoms with van der Waals surface area (Å²) in [5.41, 5.74) is -0.410. The van der Waals surface area contributed by atoms with Crippen molar-refractivity contribution in [2.45, 2.75) is 6.42 Å². The summed E-state index contributed by atoms with van der Waals surface area (Å²) in [5, 5.41) is 30.5. The minimum absolute atomic E-state index is 0.00262. The molecule has 0 aliphatic rings. The van der Waals surface area contributed by atoms with E-state index in [1.807, 2.05) is 0 Å². The van der Waals surface area contributed by atoms with Gasteiger partial charge in [-0.15, -0.1) is 10.2 Å². The Bertz CT molecular complexity index is 650. The van der Waals surface area contributed by atoms with Crippen molar-refractivity contribution in [3.63, 3.8) is 0 Å². The Hall–Kier alpha value is -2.97. The summed E-state index contributed by atoms with van der Waals surface area (Å²) in [6, 6.07) is 3.92. The van der Waals surface area contributed by atoms with E-state index in [-0.39, 0.29) is 16.9 Å². The van der Waals surface area contributed by atoms with Crippen LogP contribution in [-0.4, -0.2) is 37.3 Å². The van der Waals surface area contributed by atoms with E-state index in [0.29, 0.717) is 18.8 Å². The number of nitrogens with one attached hydrogen (secondary N) is 1. The molecule has 0 amide bonds. The van der Waals surface area contributed by atoms with Gasteiger partial charge in [0.25, 0.3) is 5.69 Å². The van der Waals surface area contributed by atoms with Gasteiger partial charge < -0.3 is 15.0 Å². The second-order valence-corrected chi connectivity index (χ2v) is 4.30. The van der Waals surface area contributed by atoms with Gasteiger partial charge in [-0.25, -0.2) is 4.79 Å². The molecule has 110 valence electrons. The maximum Gasteiger partial charge on any atom is 0.338 e. The molecule has 2 N–H and O–H groups in total. The smallest absolute Gasteiger partial charge is 0.338 e. The predicted molar refractivity (Wildman–Crippen MR) is 73.3 cm³/mol. The number of carbonyl (C=O) groups is 1. The fraction of sp³-hybridized carbons (Fsp3) is 0.250. The molecule has 0 bridgehead atoms. The first-order chi connectivity index (χ1) is 10.0. The van der Waals surface area contributed by atoms with Crippen molar-refractivity contribution in [1.82, 2.24) is 14.8 Å². The summed E-state index contributed by atoms with van der Waals surface area (Å²) in [4.78, 5) is 21.5. The molecule has 0 spiro atoms. The number of para-hydroxylation sites is 1. The van der Waals surface area contributed by atoms with Crippen LogP contribution in [0, 0.1) is 10.1 Å². The lowest BCUT2D eigenvalue weighted by atomic mass is 10.1. The molecule has 0 saturated heterocycles. The number of carboxylic acid groups (broad SMARTS) is 1. The Labute approximate surface area is 119 Å². The first-order valence-electron chi connectivity index (χ1n) is 6.08. The second kappa shape index (κ2) is 5.99. The first-order valence-corrected chi connectivity index (χ1v) is 6.08. The topological polar surface area (TPSA) is 123 Å². The number of carboxylic acids is 1. The van der Waals surface area contributed by atoms with Crippen LogP contribution in [-0.2, 0) is 13.5 Å². The lowest BCUT2D eigenvalue weighted by Gasteiger charge is -2.09. The highest BCUT2D eigenvalue weighted by Gasteiger charge is 2.20. The van der Waals surface area contributed by atoms with Gasteiger partial charge in [-0.3, -0.25) is 10.1 Å². The van der Waals surface area contributed by atoms with E-state index >= 15 is 0 Å². The van der Waals surface area contributed by atoms with Crippen molar-refractivity contribution >= 4 is 17.3 Å². The molecular formula is C12H13N5O4. The van der Waals surface area contributed by atoms with Gasteiger partial charge in [0.15, 0.2) is 0 Å². The summed E-state index contributed by atoms with van der Waals surface area (Å²) in [6.07, 6.45) is 2.00. The number of aromatic nitrogens is 3. The molecule has 0 saturated carbocycles. The fourth-order valence-corrected chi connectivity index (χ4v) is 1.89. The third-order valence-electron chi connectivity index (χ3n) is 2.93. The Balaban J connectivity index is 2.19. The number of nitrogens with zero attached hydrogens (tertiary/aromatic N) is 4. The molecule has 0 fully saturated rings. The number of rotatable bonds is 6. The van der Waals surface area contributed by atoms with Gasteiger partial charge in [-0.05, 0) is 6.07 Å². The molecular weight excluding hydrogens is 278 g/mol. The maximum atomic E-state index is 11.2. The van der Waals surface area contributed by atoms with Gasteiger partial charge >= 0.3 is 5.97 Å². The molecule has 9 nitrogen and oxygen atoms in total. The molecule has 21 heavy (non-hydrogen) atoms. The number of nitro benzene ring substituents is 1. The molecule has 0 aliphatic heterocycles. The number of hydrogen-bond acceptors (Lipinski definition) is 6. The second-order valence-electron chi connectivity index (χ2n) is 4.30. The van der Waals surface area contributed by atoms with Crippen LogP contribution in [0.3, 0.4) is 0 Å². The van der Waals surface area contributed by atoms with Gasteiger partial charge in [0.2, 0.25) is 0 Å². The van der Waals surface area contributed by atoms with Crippen LogP contribution in [0.4, 0.5) is 11.4 Å². The minimum Gasteiger partial charge on any atom is -0.478 e. The van der Waals surface area contributed by atoms with Crippen molar-refractivity contribution in [2.24, 2.45) is 7.05 Å². The van der Waals surface area contributed by atoms with E-state index in [9.17, 15) is 14.9 Å². The molecule has 2 rings (SSSR count). The summed E-state index contributed by atoms with van der Waals surface area (Å²) in [7, 11) is 1.78. The molecule has 2 aromatic rings. The standard InChI is InChI=1S/C12H13N5O4/c1-16-7-14-15-10(16)5-6-13-11-8(12(18)19)3-2-4-9(11)17(20)21/h2-4,7,13H,5-6H2,1H3,(H,18,19). The third kappa shape index (κ3) is 3.14. The lowest BCUT2D eigenvalue weighted by Crippen LogP contribution is -2.13. The predicted octanol–water partition coefficient (Wildman–Crippen LogP) is 1.08. The van der Waals surface area contributed by atoms with E-state index in [1.54, 1.807) is 17.9 Å². The van der Waals surface area contributed by atoms with Crippen molar-refractivity contribution in [3.8, 4) is 0 Å². The van der Waals surface area contributed by atoms with E-state index in [4.69, 9.17) is 5.11 Å². The number of hydrogen-bond donors (Lipinski definition) is 2. The van der Waals surface area contributed by atoms with Gasteiger partial charge in [0, 0.05) is 26.1 Å². The largest absolute Gasteiger partial charge is 0.478 e. The summed E-state index contributed by atoms with van der Waals surface area (Å²) in [5.74, 6) is -0.530. The molecule has 0 radical (unpaired) electrons. The van der Waals surface area contributed by atoms with Crippen LogP contribution in [0.15, 0.2) is 24.5 Å². The first kappa shape index (κ1) is 14.4. The minimum atomic E-state index is -1.22. The lowest BCUT2D eigenvalue weighted by molar-refractivity contribution is -0.384. The van der Waals surface area contributed by atoms with E-state index in [2.05, 4.69) is 15.5 Å². The number of benzene rings is 1. The fourth-order valence-electron chi connectivity index (χ4n) is 1.89. The van der Waals surface area contributed by atoms with Crippen LogP contribution in [0.2, 0.25) is 0 Å². The van der Waals surface area contributed by atoms with E-state index in [0.717, 1.165) is 0 Å². The Morgan fingerprint density at radius 3 is 2.86 bits per heavy atom. The SMILES string of the molecule is Cn1cnnc1CCNc1c(C(=O)O)cccc1[N+](=O)[O-]. The van der Waals surface area contributed by atoms with Crippen LogP contribution < -0.4 is 5.32 Å². The van der Waals surface area contributed by atoms with Crippen molar-refractivity contribution in [2.75, 3.05) is 11.9 Å². The monoisotopic (exact) mass is 291 g/mol.